The molecule has 1 aromatic heterocycles. The van der Waals surface area contributed by atoms with Crippen molar-refractivity contribution in [1.29, 1.82) is 0 Å². The highest BCUT2D eigenvalue weighted by atomic mass is 16.6. The van der Waals surface area contributed by atoms with Crippen LogP contribution in [-0.2, 0) is 14.3 Å². The van der Waals surface area contributed by atoms with Crippen LogP contribution in [0, 0.1) is 0 Å². The number of aromatic amines is 1. The minimum atomic E-state index is -0.854. The number of ether oxygens (including phenoxy) is 1. The summed E-state index contributed by atoms with van der Waals surface area (Å²) in [6.07, 6.45) is 3.97. The van der Waals surface area contributed by atoms with Crippen LogP contribution in [0.5, 0.6) is 0 Å². The van der Waals surface area contributed by atoms with E-state index < -0.39 is 24.2 Å². The average Bonchev–Trinajstić information content (AvgIpc) is 3.31. The van der Waals surface area contributed by atoms with Crippen LogP contribution < -0.4 is 5.32 Å². The predicted molar refractivity (Wildman–Crippen MR) is 107 cm³/mol. The van der Waals surface area contributed by atoms with Crippen molar-refractivity contribution in [2.45, 2.75) is 51.2 Å². The number of amides is 2. The van der Waals surface area contributed by atoms with Crippen molar-refractivity contribution in [3.05, 3.63) is 36.0 Å². The van der Waals surface area contributed by atoms with Crippen LogP contribution in [0.15, 0.2) is 30.5 Å². The summed E-state index contributed by atoms with van der Waals surface area (Å²) in [5.41, 5.74) is 1.70. The van der Waals surface area contributed by atoms with Crippen molar-refractivity contribution >= 4 is 28.9 Å². The molecule has 2 unspecified atom stereocenters. The number of rotatable bonds is 8. The number of unbranched alkanes of at least 4 members (excludes halogenated alkanes) is 1. The zero-order chi connectivity index (χ0) is 20.8. The Kier molecular flexibility index (Phi) is 6.74. The van der Waals surface area contributed by atoms with E-state index in [4.69, 9.17) is 4.74 Å². The fourth-order valence-electron chi connectivity index (χ4n) is 3.84. The first-order valence-electron chi connectivity index (χ1n) is 9.98. The molecule has 1 saturated heterocycles. The number of carboxylic acids is 1. The van der Waals surface area contributed by atoms with E-state index in [2.05, 4.69) is 10.3 Å². The molecule has 0 radical (unpaired) electrons. The number of para-hydroxylation sites is 1. The van der Waals surface area contributed by atoms with Gasteiger partial charge in [0.1, 0.15) is 0 Å². The number of carbonyl (C=O) groups is 3. The third-order valence-corrected chi connectivity index (χ3v) is 5.33. The third kappa shape index (κ3) is 5.07. The first-order valence-corrected chi connectivity index (χ1v) is 9.98. The van der Waals surface area contributed by atoms with E-state index in [1.165, 1.54) is 6.92 Å². The molecule has 2 amide bonds. The van der Waals surface area contributed by atoms with Gasteiger partial charge in [0, 0.05) is 43.5 Å². The molecule has 8 heteroatoms. The molecule has 29 heavy (non-hydrogen) atoms. The van der Waals surface area contributed by atoms with Crippen LogP contribution in [0.1, 0.15) is 50.5 Å². The Morgan fingerprint density at radius 1 is 1.31 bits per heavy atom. The number of likely N-dealkylation sites (tertiary alicyclic amines) is 1. The van der Waals surface area contributed by atoms with Gasteiger partial charge in [-0.2, -0.15) is 0 Å². The highest BCUT2D eigenvalue weighted by Crippen LogP contribution is 2.29. The number of aliphatic carboxylic acids is 1. The second-order valence-electron chi connectivity index (χ2n) is 7.32. The lowest BCUT2D eigenvalue weighted by molar-refractivity contribution is -0.139. The first kappa shape index (κ1) is 20.7. The summed E-state index contributed by atoms with van der Waals surface area (Å²) in [6, 6.07) is 7.64. The van der Waals surface area contributed by atoms with Gasteiger partial charge in [-0.15, -0.1) is 0 Å². The number of aromatic nitrogens is 1. The molecule has 0 aliphatic carbocycles. The Labute approximate surface area is 169 Å². The van der Waals surface area contributed by atoms with Gasteiger partial charge in [0.05, 0.1) is 5.92 Å². The van der Waals surface area contributed by atoms with Gasteiger partial charge in [-0.25, -0.2) is 4.79 Å². The summed E-state index contributed by atoms with van der Waals surface area (Å²) in [5.74, 6) is -1.55. The first-order chi connectivity index (χ1) is 14.0. The molecule has 3 rings (SSSR count). The molecule has 0 saturated carbocycles. The summed E-state index contributed by atoms with van der Waals surface area (Å²) in [7, 11) is 0. The minimum absolute atomic E-state index is 0.0997. The van der Waals surface area contributed by atoms with Crippen molar-refractivity contribution in [2.75, 3.05) is 13.1 Å². The van der Waals surface area contributed by atoms with E-state index in [9.17, 15) is 19.5 Å². The quantitative estimate of drug-likeness (QED) is 0.588. The summed E-state index contributed by atoms with van der Waals surface area (Å²) in [6.45, 7) is 2.47. The maximum Gasteiger partial charge on any atom is 0.409 e. The summed E-state index contributed by atoms with van der Waals surface area (Å²) < 4.78 is 5.32. The van der Waals surface area contributed by atoms with Crippen molar-refractivity contribution in [3.8, 4) is 0 Å². The van der Waals surface area contributed by atoms with Crippen LogP contribution >= 0.6 is 0 Å². The zero-order valence-corrected chi connectivity index (χ0v) is 16.5. The fourth-order valence-corrected chi connectivity index (χ4v) is 3.84. The number of benzene rings is 1. The van der Waals surface area contributed by atoms with Crippen LogP contribution in [0.2, 0.25) is 0 Å². The largest absolute Gasteiger partial charge is 0.481 e. The van der Waals surface area contributed by atoms with Gasteiger partial charge in [0.25, 0.3) is 0 Å². The predicted octanol–water partition coefficient (Wildman–Crippen LogP) is 3.20. The van der Waals surface area contributed by atoms with Crippen LogP contribution in [0.25, 0.3) is 10.9 Å². The normalized spacial score (nSPS) is 17.3. The Bertz CT molecular complexity index is 878. The number of nitrogens with zero attached hydrogens (tertiary/aromatic N) is 1. The average molecular weight is 401 g/mol. The molecule has 156 valence electrons. The van der Waals surface area contributed by atoms with Gasteiger partial charge in [0.15, 0.2) is 6.23 Å². The maximum atomic E-state index is 11.9. The molecule has 1 aliphatic rings. The Balaban J connectivity index is 1.43. The molecule has 3 N–H and O–H groups in total. The molecule has 1 aliphatic heterocycles. The third-order valence-electron chi connectivity index (χ3n) is 5.33. The number of alkyl carbamates (subject to hydrolysis) is 1. The number of hydrogen-bond donors (Lipinski definition) is 3. The molecular formula is C21H27N3O5. The number of H-pyrrole nitrogens is 1. The highest BCUT2D eigenvalue weighted by molar-refractivity contribution is 5.89. The molecule has 2 aromatic rings. The molecule has 0 bridgehead atoms. The number of carboxylic acid groups (broad SMARTS) is 1. The van der Waals surface area contributed by atoms with E-state index in [0.717, 1.165) is 22.9 Å². The number of hydrogen-bond acceptors (Lipinski definition) is 4. The number of carbonyl (C=O) groups excluding carboxylic acids is 2. The van der Waals surface area contributed by atoms with Crippen molar-refractivity contribution in [1.82, 2.24) is 15.2 Å². The topological polar surface area (TPSA) is 112 Å². The monoisotopic (exact) mass is 401 g/mol. The van der Waals surface area contributed by atoms with Gasteiger partial charge in [-0.1, -0.05) is 24.6 Å². The number of fused-ring (bicyclic) bond motifs is 1. The lowest BCUT2D eigenvalue weighted by atomic mass is 9.93. The molecule has 1 aromatic carbocycles. The standard InChI is InChI=1S/C21H27N3O5/c1-14(25)24-12-6-10-19(24)29-21(28)22-11-5-4-8-16(20(26)27)17-13-23-18-9-3-2-7-15(17)18/h2-3,7,9,13,16,19,23H,4-6,8,10-12H2,1H3,(H,22,28)(H,26,27). The number of nitrogens with one attached hydrogen (secondary N) is 2. The second-order valence-corrected chi connectivity index (χ2v) is 7.32. The van der Waals surface area contributed by atoms with Gasteiger partial charge < -0.3 is 25.0 Å². The SMILES string of the molecule is CC(=O)N1CCCC1OC(=O)NCCCCC(C(=O)O)c1c[nH]c2ccccc12. The highest BCUT2D eigenvalue weighted by Gasteiger charge is 2.29. The second kappa shape index (κ2) is 9.45. The van der Waals surface area contributed by atoms with Gasteiger partial charge in [-0.3, -0.25) is 9.59 Å². The van der Waals surface area contributed by atoms with E-state index in [0.29, 0.717) is 38.8 Å². The van der Waals surface area contributed by atoms with E-state index >= 15 is 0 Å². The summed E-state index contributed by atoms with van der Waals surface area (Å²) in [4.78, 5) is 39.9. The van der Waals surface area contributed by atoms with Crippen LogP contribution in [0.4, 0.5) is 4.79 Å². The zero-order valence-electron chi connectivity index (χ0n) is 16.5. The van der Waals surface area contributed by atoms with Gasteiger partial charge in [-0.05, 0) is 30.9 Å². The van der Waals surface area contributed by atoms with Crippen LogP contribution in [0.3, 0.4) is 0 Å². The summed E-state index contributed by atoms with van der Waals surface area (Å²) in [5, 5.41) is 13.3. The molecule has 2 atom stereocenters. The van der Waals surface area contributed by atoms with Gasteiger partial charge >= 0.3 is 12.1 Å². The molecule has 1 fully saturated rings. The maximum absolute atomic E-state index is 11.9. The van der Waals surface area contributed by atoms with Crippen LogP contribution in [-0.4, -0.2) is 52.3 Å². The Morgan fingerprint density at radius 2 is 2.10 bits per heavy atom. The molecule has 0 spiro atoms. The summed E-state index contributed by atoms with van der Waals surface area (Å²) >= 11 is 0. The molecule has 8 nitrogen and oxygen atoms in total. The van der Waals surface area contributed by atoms with Gasteiger partial charge in [0.2, 0.25) is 5.91 Å². The molecule has 2 heterocycles. The molecular weight excluding hydrogens is 374 g/mol. The van der Waals surface area contributed by atoms with Crippen molar-refractivity contribution < 1.29 is 24.2 Å². The van der Waals surface area contributed by atoms with E-state index in [1.54, 1.807) is 11.1 Å². The fraction of sp³-hybridized carbons (Fsp3) is 0.476. The van der Waals surface area contributed by atoms with Crippen molar-refractivity contribution in [2.24, 2.45) is 0 Å². The Hall–Kier alpha value is -3.03. The van der Waals surface area contributed by atoms with E-state index in [-0.39, 0.29) is 5.91 Å². The smallest absolute Gasteiger partial charge is 0.409 e. The van der Waals surface area contributed by atoms with Crippen molar-refractivity contribution in [3.63, 3.8) is 0 Å². The minimum Gasteiger partial charge on any atom is -0.481 e. The Morgan fingerprint density at radius 3 is 2.86 bits per heavy atom. The lowest BCUT2D eigenvalue weighted by Gasteiger charge is -2.23. The lowest BCUT2D eigenvalue weighted by Crippen LogP contribution is -2.39. The van der Waals surface area contributed by atoms with E-state index in [1.807, 2.05) is 24.3 Å².